The lowest BCUT2D eigenvalue weighted by molar-refractivity contribution is -0.384. The van der Waals surface area contributed by atoms with Crippen molar-refractivity contribution in [3.63, 3.8) is 0 Å². The predicted octanol–water partition coefficient (Wildman–Crippen LogP) is 1.32. The molecular formula is C7H5F2N3O3. The van der Waals surface area contributed by atoms with Crippen LogP contribution in [0.15, 0.2) is 6.07 Å². The number of hydrogen-bond donors (Lipinski definition) is 1. The lowest BCUT2D eigenvalue weighted by Gasteiger charge is -2.03. The minimum atomic E-state index is -3.00. The number of anilines is 1. The molecule has 0 spiro atoms. The maximum atomic E-state index is 12.2. The van der Waals surface area contributed by atoms with E-state index in [-0.39, 0.29) is 6.29 Å². The number of nitrogens with zero attached hydrogens (tertiary/aromatic N) is 2. The quantitative estimate of drug-likeness (QED) is 0.467. The number of nitro groups is 1. The minimum Gasteiger partial charge on any atom is -0.391 e. The number of nitrogens with two attached hydrogens (primary N) is 1. The molecule has 0 fully saturated rings. The number of carbonyl (C=O) groups excluding carboxylic acids is 1. The molecule has 0 aliphatic carbocycles. The predicted molar refractivity (Wildman–Crippen MR) is 45.6 cm³/mol. The van der Waals surface area contributed by atoms with E-state index in [0.29, 0.717) is 6.07 Å². The molecule has 8 heteroatoms. The summed E-state index contributed by atoms with van der Waals surface area (Å²) in [5.74, 6) is 0. The molecular weight excluding hydrogens is 212 g/mol. The fourth-order valence-electron chi connectivity index (χ4n) is 0.933. The fraction of sp³-hybridized carbons (Fsp3) is 0.143. The summed E-state index contributed by atoms with van der Waals surface area (Å²) >= 11 is 0. The first-order valence-corrected chi connectivity index (χ1v) is 3.65. The van der Waals surface area contributed by atoms with Gasteiger partial charge < -0.3 is 5.73 Å². The van der Waals surface area contributed by atoms with Gasteiger partial charge in [0, 0.05) is 6.07 Å². The number of rotatable bonds is 3. The third-order valence-corrected chi connectivity index (χ3v) is 1.62. The summed E-state index contributed by atoms with van der Waals surface area (Å²) in [7, 11) is 0. The van der Waals surface area contributed by atoms with Crippen LogP contribution < -0.4 is 5.73 Å². The number of hydrogen-bond acceptors (Lipinski definition) is 5. The summed E-state index contributed by atoms with van der Waals surface area (Å²) in [6, 6.07) is 0.549. The molecule has 1 aromatic rings. The molecule has 1 aromatic heterocycles. The topological polar surface area (TPSA) is 99.1 Å². The van der Waals surface area contributed by atoms with E-state index in [0.717, 1.165) is 0 Å². The van der Waals surface area contributed by atoms with Crippen LogP contribution in [0.4, 0.5) is 20.2 Å². The zero-order chi connectivity index (χ0) is 11.6. The van der Waals surface area contributed by atoms with Crippen molar-refractivity contribution >= 4 is 17.7 Å². The van der Waals surface area contributed by atoms with E-state index >= 15 is 0 Å². The molecule has 0 bridgehead atoms. The van der Waals surface area contributed by atoms with Gasteiger partial charge >= 0.3 is 0 Å². The van der Waals surface area contributed by atoms with Crippen LogP contribution in [-0.4, -0.2) is 16.2 Å². The highest BCUT2D eigenvalue weighted by Gasteiger charge is 2.21. The van der Waals surface area contributed by atoms with E-state index in [9.17, 15) is 23.7 Å². The van der Waals surface area contributed by atoms with Crippen LogP contribution in [0.1, 0.15) is 22.6 Å². The highest BCUT2D eigenvalue weighted by Crippen LogP contribution is 2.28. The van der Waals surface area contributed by atoms with Crippen LogP contribution in [0, 0.1) is 10.1 Å². The van der Waals surface area contributed by atoms with E-state index in [2.05, 4.69) is 4.98 Å². The second-order valence-electron chi connectivity index (χ2n) is 2.54. The Bertz CT molecular complexity index is 422. The molecule has 0 aliphatic rings. The Kier molecular flexibility index (Phi) is 2.88. The average Bonchev–Trinajstić information content (AvgIpc) is 2.17. The molecule has 1 heterocycles. The molecule has 0 amide bonds. The van der Waals surface area contributed by atoms with Gasteiger partial charge in [-0.15, -0.1) is 0 Å². The number of aldehydes is 1. The van der Waals surface area contributed by atoms with Crippen LogP contribution >= 0.6 is 0 Å². The van der Waals surface area contributed by atoms with Gasteiger partial charge in [0.1, 0.15) is 17.1 Å². The molecule has 0 unspecified atom stereocenters. The first-order chi connectivity index (χ1) is 6.97. The number of alkyl halides is 2. The Labute approximate surface area is 81.9 Å². The Morgan fingerprint density at radius 2 is 2.20 bits per heavy atom. The second-order valence-corrected chi connectivity index (χ2v) is 2.54. The number of nitrogen functional groups attached to an aromatic ring is 1. The zero-order valence-electron chi connectivity index (χ0n) is 7.18. The lowest BCUT2D eigenvalue weighted by Crippen LogP contribution is -2.05. The molecule has 0 saturated heterocycles. The third-order valence-electron chi connectivity index (χ3n) is 1.62. The number of aromatic nitrogens is 1. The van der Waals surface area contributed by atoms with Crippen molar-refractivity contribution in [2.24, 2.45) is 0 Å². The first kappa shape index (κ1) is 11.0. The maximum Gasteiger partial charge on any atom is 0.296 e. The van der Waals surface area contributed by atoms with Gasteiger partial charge in [0.15, 0.2) is 6.29 Å². The Morgan fingerprint density at radius 3 is 2.60 bits per heavy atom. The van der Waals surface area contributed by atoms with Gasteiger partial charge in [0.25, 0.3) is 12.1 Å². The van der Waals surface area contributed by atoms with Crippen molar-refractivity contribution in [1.82, 2.24) is 4.98 Å². The summed E-state index contributed by atoms with van der Waals surface area (Å²) < 4.78 is 24.4. The van der Waals surface area contributed by atoms with Crippen LogP contribution in [0.5, 0.6) is 0 Å². The Balaban J connectivity index is 3.45. The second kappa shape index (κ2) is 3.95. The smallest absolute Gasteiger partial charge is 0.296 e. The van der Waals surface area contributed by atoms with Gasteiger partial charge in [-0.3, -0.25) is 14.9 Å². The van der Waals surface area contributed by atoms with E-state index in [1.807, 2.05) is 0 Å². The lowest BCUT2D eigenvalue weighted by atomic mass is 10.2. The van der Waals surface area contributed by atoms with E-state index in [1.165, 1.54) is 0 Å². The van der Waals surface area contributed by atoms with Crippen molar-refractivity contribution in [2.45, 2.75) is 6.43 Å². The Hall–Kier alpha value is -2.12. The zero-order valence-corrected chi connectivity index (χ0v) is 7.18. The van der Waals surface area contributed by atoms with Crippen molar-refractivity contribution in [1.29, 1.82) is 0 Å². The monoisotopic (exact) mass is 217 g/mol. The number of carbonyl (C=O) groups is 1. The molecule has 2 N–H and O–H groups in total. The van der Waals surface area contributed by atoms with Crippen molar-refractivity contribution in [2.75, 3.05) is 5.73 Å². The summed E-state index contributed by atoms with van der Waals surface area (Å²) in [5, 5.41) is 10.4. The van der Waals surface area contributed by atoms with Crippen molar-refractivity contribution in [3.8, 4) is 0 Å². The van der Waals surface area contributed by atoms with E-state index in [1.54, 1.807) is 0 Å². The number of pyridine rings is 1. The van der Waals surface area contributed by atoms with Gasteiger partial charge in [-0.25, -0.2) is 13.8 Å². The molecule has 80 valence electrons. The summed E-state index contributed by atoms with van der Waals surface area (Å²) in [6.07, 6.45) is -2.91. The maximum absolute atomic E-state index is 12.2. The van der Waals surface area contributed by atoms with Gasteiger partial charge in [0.05, 0.1) is 4.92 Å². The van der Waals surface area contributed by atoms with Gasteiger partial charge in [0.2, 0.25) is 0 Å². The van der Waals surface area contributed by atoms with Crippen LogP contribution in [0.3, 0.4) is 0 Å². The average molecular weight is 217 g/mol. The summed E-state index contributed by atoms with van der Waals surface area (Å²) in [4.78, 5) is 23.0. The molecule has 0 saturated carbocycles. The van der Waals surface area contributed by atoms with Crippen LogP contribution in [0.25, 0.3) is 0 Å². The van der Waals surface area contributed by atoms with Gasteiger partial charge in [-0.2, -0.15) is 0 Å². The molecule has 15 heavy (non-hydrogen) atoms. The molecule has 0 radical (unpaired) electrons. The first-order valence-electron chi connectivity index (χ1n) is 3.65. The van der Waals surface area contributed by atoms with Gasteiger partial charge in [-0.05, 0) is 0 Å². The highest BCUT2D eigenvalue weighted by atomic mass is 19.3. The highest BCUT2D eigenvalue weighted by molar-refractivity contribution is 5.84. The van der Waals surface area contributed by atoms with E-state index in [4.69, 9.17) is 5.73 Å². The van der Waals surface area contributed by atoms with Crippen molar-refractivity contribution in [3.05, 3.63) is 27.6 Å². The molecule has 1 rings (SSSR count). The molecule has 0 aromatic carbocycles. The fourth-order valence-corrected chi connectivity index (χ4v) is 0.933. The molecule has 6 nitrogen and oxygen atoms in total. The van der Waals surface area contributed by atoms with Crippen LogP contribution in [0.2, 0.25) is 0 Å². The molecule has 0 atom stereocenters. The summed E-state index contributed by atoms with van der Waals surface area (Å²) in [5.41, 5.74) is 2.52. The standard InChI is InChI=1S/C7H5F2N3O3/c8-7(9)3-1-5(12(14)15)6(10)4(2-13)11-3/h1-2,7H,10H2. The molecule has 0 aliphatic heterocycles. The number of halogens is 2. The van der Waals surface area contributed by atoms with Crippen LogP contribution in [-0.2, 0) is 0 Å². The van der Waals surface area contributed by atoms with E-state index < -0.39 is 34.1 Å². The SMILES string of the molecule is Nc1c([N+](=O)[O-])cc(C(F)F)nc1C=O. The Morgan fingerprint density at radius 1 is 1.60 bits per heavy atom. The summed E-state index contributed by atoms with van der Waals surface area (Å²) in [6.45, 7) is 0. The van der Waals surface area contributed by atoms with Crippen molar-refractivity contribution < 1.29 is 18.5 Å². The van der Waals surface area contributed by atoms with Gasteiger partial charge in [-0.1, -0.05) is 0 Å². The normalized spacial score (nSPS) is 10.3. The third kappa shape index (κ3) is 2.03. The minimum absolute atomic E-state index is 0.0915. The largest absolute Gasteiger partial charge is 0.391 e.